The summed E-state index contributed by atoms with van der Waals surface area (Å²) in [6, 6.07) is 0. The molecule has 2 unspecified atom stereocenters. The number of thiazole rings is 1. The van der Waals surface area contributed by atoms with E-state index >= 15 is 0 Å². The maximum Gasteiger partial charge on any atom is 0.193 e. The normalized spacial score (nSPS) is 24.8. The van der Waals surface area contributed by atoms with Gasteiger partial charge in [0.15, 0.2) is 11.1 Å². The zero-order valence-electron chi connectivity index (χ0n) is 16.0. The van der Waals surface area contributed by atoms with Gasteiger partial charge >= 0.3 is 0 Å². The third kappa shape index (κ3) is 5.09. The van der Waals surface area contributed by atoms with Gasteiger partial charge in [0, 0.05) is 51.1 Å². The number of nitrogens with one attached hydrogen (secondary N) is 1. The van der Waals surface area contributed by atoms with Crippen molar-refractivity contribution in [3.63, 3.8) is 0 Å². The first-order chi connectivity index (χ1) is 12.2. The molecule has 0 aliphatic carbocycles. The highest BCUT2D eigenvalue weighted by molar-refractivity contribution is 7.13. The summed E-state index contributed by atoms with van der Waals surface area (Å²) in [7, 11) is 0. The molecule has 5 nitrogen and oxygen atoms in total. The summed E-state index contributed by atoms with van der Waals surface area (Å²) >= 11 is 1.78. The monoisotopic (exact) mass is 363 g/mol. The van der Waals surface area contributed by atoms with Gasteiger partial charge in [-0.1, -0.05) is 13.8 Å². The van der Waals surface area contributed by atoms with E-state index < -0.39 is 0 Å². The fourth-order valence-electron chi connectivity index (χ4n) is 4.00. The molecule has 0 aromatic carbocycles. The van der Waals surface area contributed by atoms with Crippen LogP contribution in [0.5, 0.6) is 0 Å². The smallest absolute Gasteiger partial charge is 0.193 e. The van der Waals surface area contributed by atoms with Gasteiger partial charge in [0.2, 0.25) is 0 Å². The van der Waals surface area contributed by atoms with Gasteiger partial charge in [-0.15, -0.1) is 11.3 Å². The van der Waals surface area contributed by atoms with E-state index in [-0.39, 0.29) is 0 Å². The van der Waals surface area contributed by atoms with Gasteiger partial charge in [-0.2, -0.15) is 0 Å². The van der Waals surface area contributed by atoms with Crippen LogP contribution in [0.1, 0.15) is 45.7 Å². The predicted molar refractivity (Wildman–Crippen MR) is 108 cm³/mol. The molecule has 6 heteroatoms. The third-order valence-electron chi connectivity index (χ3n) is 5.05. The fourth-order valence-corrected chi connectivity index (χ4v) is 4.92. The summed E-state index contributed by atoms with van der Waals surface area (Å²) in [5, 5.41) is 6.89. The van der Waals surface area contributed by atoms with Gasteiger partial charge in [0.05, 0.1) is 5.69 Å². The second kappa shape index (κ2) is 8.88. The summed E-state index contributed by atoms with van der Waals surface area (Å²) in [5.74, 6) is 2.57. The maximum absolute atomic E-state index is 4.89. The van der Waals surface area contributed by atoms with E-state index in [1.807, 2.05) is 0 Å². The molecule has 0 spiro atoms. The highest BCUT2D eigenvalue weighted by Crippen LogP contribution is 2.24. The number of hydrogen-bond donors (Lipinski definition) is 1. The lowest BCUT2D eigenvalue weighted by atomic mass is 9.92. The van der Waals surface area contributed by atoms with Crippen LogP contribution in [-0.4, -0.2) is 55.1 Å². The van der Waals surface area contributed by atoms with Crippen molar-refractivity contribution in [2.45, 2.75) is 46.5 Å². The van der Waals surface area contributed by atoms with Crippen LogP contribution in [0, 0.1) is 11.8 Å². The van der Waals surface area contributed by atoms with E-state index in [0.717, 1.165) is 50.4 Å². The Morgan fingerprint density at radius 1 is 1.28 bits per heavy atom. The Kier molecular flexibility index (Phi) is 6.57. The minimum atomic E-state index is 0.745. The van der Waals surface area contributed by atoms with Crippen LogP contribution in [0.15, 0.2) is 10.4 Å². The van der Waals surface area contributed by atoms with Gasteiger partial charge in [-0.3, -0.25) is 4.99 Å². The minimum absolute atomic E-state index is 0.745. The molecule has 2 aliphatic heterocycles. The van der Waals surface area contributed by atoms with Crippen LogP contribution in [0.4, 0.5) is 5.13 Å². The number of hydrogen-bond acceptors (Lipinski definition) is 4. The Morgan fingerprint density at radius 3 is 2.68 bits per heavy atom. The number of nitrogens with zero attached hydrogens (tertiary/aromatic N) is 4. The van der Waals surface area contributed by atoms with E-state index in [1.54, 1.807) is 11.3 Å². The first-order valence-corrected chi connectivity index (χ1v) is 10.8. The molecule has 0 amide bonds. The Balaban J connectivity index is 1.56. The van der Waals surface area contributed by atoms with Gasteiger partial charge in [-0.05, 0) is 38.0 Å². The summed E-state index contributed by atoms with van der Waals surface area (Å²) in [4.78, 5) is 14.6. The number of piperidine rings is 1. The van der Waals surface area contributed by atoms with Gasteiger partial charge in [0.1, 0.15) is 0 Å². The average molecular weight is 364 g/mol. The molecule has 0 radical (unpaired) electrons. The second-order valence-electron chi connectivity index (χ2n) is 7.65. The predicted octanol–water partition coefficient (Wildman–Crippen LogP) is 3.23. The molecule has 0 saturated carbocycles. The number of anilines is 1. The van der Waals surface area contributed by atoms with Crippen LogP contribution >= 0.6 is 11.3 Å². The molecule has 25 heavy (non-hydrogen) atoms. The van der Waals surface area contributed by atoms with E-state index in [4.69, 9.17) is 9.98 Å². The number of guanidine groups is 1. The Bertz CT molecular complexity index is 554. The van der Waals surface area contributed by atoms with Crippen LogP contribution in [0.2, 0.25) is 0 Å². The van der Waals surface area contributed by atoms with Crippen molar-refractivity contribution in [1.82, 2.24) is 15.2 Å². The summed E-state index contributed by atoms with van der Waals surface area (Å²) in [6.45, 7) is 13.1. The molecule has 1 aromatic rings. The topological polar surface area (TPSA) is 43.8 Å². The fraction of sp³-hybridized carbons (Fsp3) is 0.789. The molecule has 2 fully saturated rings. The molecule has 2 aliphatic rings. The van der Waals surface area contributed by atoms with Crippen LogP contribution in [0.3, 0.4) is 0 Å². The van der Waals surface area contributed by atoms with Crippen molar-refractivity contribution in [2.24, 2.45) is 16.8 Å². The highest BCUT2D eigenvalue weighted by Gasteiger charge is 2.24. The van der Waals surface area contributed by atoms with Crippen molar-refractivity contribution in [3.05, 3.63) is 11.1 Å². The van der Waals surface area contributed by atoms with Crippen molar-refractivity contribution < 1.29 is 0 Å². The molecule has 2 saturated heterocycles. The largest absolute Gasteiger partial charge is 0.357 e. The molecule has 140 valence electrons. The molecule has 0 bridgehead atoms. The standard InChI is InChI=1S/C19H33N5S/c1-4-20-18(24-12-15(2)11-16(3)13-24)21-8-7-17-14-25-19(22-17)23-9-5-6-10-23/h14-16H,4-13H2,1-3H3,(H,20,21). The lowest BCUT2D eigenvalue weighted by Gasteiger charge is -2.37. The van der Waals surface area contributed by atoms with Crippen molar-refractivity contribution in [3.8, 4) is 0 Å². The van der Waals surface area contributed by atoms with E-state index in [1.165, 1.54) is 43.2 Å². The molecule has 3 rings (SSSR count). The Morgan fingerprint density at radius 2 is 2.00 bits per heavy atom. The Hall–Kier alpha value is -1.30. The lowest BCUT2D eigenvalue weighted by molar-refractivity contribution is 0.208. The summed E-state index contributed by atoms with van der Waals surface area (Å²) < 4.78 is 0. The lowest BCUT2D eigenvalue weighted by Crippen LogP contribution is -2.48. The van der Waals surface area contributed by atoms with E-state index in [2.05, 4.69) is 41.3 Å². The van der Waals surface area contributed by atoms with Gasteiger partial charge in [-0.25, -0.2) is 4.98 Å². The number of aliphatic imine (C=N–C) groups is 1. The van der Waals surface area contributed by atoms with Gasteiger partial charge in [0.25, 0.3) is 0 Å². The van der Waals surface area contributed by atoms with E-state index in [9.17, 15) is 0 Å². The SMILES string of the molecule is CCNC(=NCCc1csc(N2CCCC2)n1)N1CC(C)CC(C)C1. The van der Waals surface area contributed by atoms with E-state index in [0.29, 0.717) is 0 Å². The zero-order chi connectivity index (χ0) is 17.6. The maximum atomic E-state index is 4.89. The highest BCUT2D eigenvalue weighted by atomic mass is 32.1. The Labute approximate surface area is 156 Å². The van der Waals surface area contributed by atoms with Crippen molar-refractivity contribution in [2.75, 3.05) is 44.2 Å². The zero-order valence-corrected chi connectivity index (χ0v) is 16.8. The summed E-state index contributed by atoms with van der Waals surface area (Å²) in [5.41, 5.74) is 1.19. The number of rotatable bonds is 5. The third-order valence-corrected chi connectivity index (χ3v) is 6.00. The number of aromatic nitrogens is 1. The van der Waals surface area contributed by atoms with Crippen molar-refractivity contribution >= 4 is 22.4 Å². The minimum Gasteiger partial charge on any atom is -0.357 e. The summed E-state index contributed by atoms with van der Waals surface area (Å²) in [6.07, 6.45) is 4.86. The molecule has 1 aromatic heterocycles. The molecular weight excluding hydrogens is 330 g/mol. The molecule has 1 N–H and O–H groups in total. The molecule has 3 heterocycles. The molecule has 2 atom stereocenters. The van der Waals surface area contributed by atoms with Gasteiger partial charge < -0.3 is 15.1 Å². The van der Waals surface area contributed by atoms with Crippen LogP contribution in [-0.2, 0) is 6.42 Å². The van der Waals surface area contributed by atoms with Crippen LogP contribution < -0.4 is 10.2 Å². The first-order valence-electron chi connectivity index (χ1n) is 9.88. The second-order valence-corrected chi connectivity index (χ2v) is 8.49. The van der Waals surface area contributed by atoms with Crippen LogP contribution in [0.25, 0.3) is 0 Å². The molecular formula is C19H33N5S. The van der Waals surface area contributed by atoms with Crippen molar-refractivity contribution in [1.29, 1.82) is 0 Å². The average Bonchev–Trinajstić information content (AvgIpc) is 3.24. The number of likely N-dealkylation sites (tertiary alicyclic amines) is 1. The first kappa shape index (κ1) is 18.5. The quantitative estimate of drug-likeness (QED) is 0.644.